The van der Waals surface area contributed by atoms with Crippen molar-refractivity contribution in [2.45, 2.75) is 32.6 Å². The van der Waals surface area contributed by atoms with Crippen molar-refractivity contribution in [1.82, 2.24) is 9.55 Å². The van der Waals surface area contributed by atoms with Crippen molar-refractivity contribution < 1.29 is 5.11 Å². The fourth-order valence-electron chi connectivity index (χ4n) is 1.48. The Kier molecular flexibility index (Phi) is 2.76. The molecule has 1 N–H and O–H groups in total. The number of hydrogen-bond donors (Lipinski definition) is 1. The van der Waals surface area contributed by atoms with Crippen LogP contribution in [0.2, 0.25) is 0 Å². The van der Waals surface area contributed by atoms with Gasteiger partial charge in [-0.3, -0.25) is 0 Å². The lowest BCUT2D eigenvalue weighted by Gasteiger charge is -2.19. The molecule has 1 aromatic rings. The number of hydrogen-bond acceptors (Lipinski definition) is 2. The van der Waals surface area contributed by atoms with E-state index in [-0.39, 0.29) is 12.0 Å². The Morgan fingerprint density at radius 3 is 2.46 bits per heavy atom. The van der Waals surface area contributed by atoms with E-state index in [1.165, 1.54) is 5.69 Å². The Morgan fingerprint density at radius 2 is 2.08 bits per heavy atom. The van der Waals surface area contributed by atoms with Crippen LogP contribution in [0.4, 0.5) is 0 Å². The van der Waals surface area contributed by atoms with Crippen molar-refractivity contribution >= 4 is 0 Å². The highest BCUT2D eigenvalue weighted by Crippen LogP contribution is 2.22. The average molecular weight is 182 g/mol. The summed E-state index contributed by atoms with van der Waals surface area (Å²) < 4.78 is 2.07. The second kappa shape index (κ2) is 3.50. The summed E-state index contributed by atoms with van der Waals surface area (Å²) in [6.45, 7) is 6.64. The fourth-order valence-corrected chi connectivity index (χ4v) is 1.48. The van der Waals surface area contributed by atoms with Crippen LogP contribution < -0.4 is 0 Å². The van der Waals surface area contributed by atoms with Gasteiger partial charge in [0.2, 0.25) is 0 Å². The molecule has 0 amide bonds. The monoisotopic (exact) mass is 182 g/mol. The van der Waals surface area contributed by atoms with Crippen molar-refractivity contribution in [3.8, 4) is 0 Å². The SMILES string of the molecule is Cn1c(C(C)(C)C)cnc1CCO. The van der Waals surface area contributed by atoms with Gasteiger partial charge in [-0.15, -0.1) is 0 Å². The van der Waals surface area contributed by atoms with E-state index >= 15 is 0 Å². The average Bonchev–Trinajstić information content (AvgIpc) is 2.32. The van der Waals surface area contributed by atoms with E-state index in [0.717, 1.165) is 5.82 Å². The van der Waals surface area contributed by atoms with Crippen LogP contribution in [-0.4, -0.2) is 21.3 Å². The molecule has 0 aliphatic heterocycles. The Bertz CT molecular complexity index is 284. The van der Waals surface area contributed by atoms with Crippen molar-refractivity contribution in [2.24, 2.45) is 7.05 Å². The first-order valence-corrected chi connectivity index (χ1v) is 4.58. The van der Waals surface area contributed by atoms with E-state index in [9.17, 15) is 0 Å². The standard InChI is InChI=1S/C10H18N2O/c1-10(2,3)8-7-11-9(5-6-13)12(8)4/h7,13H,5-6H2,1-4H3. The van der Waals surface area contributed by atoms with Gasteiger partial charge in [0.25, 0.3) is 0 Å². The van der Waals surface area contributed by atoms with Crippen LogP contribution in [0, 0.1) is 0 Å². The van der Waals surface area contributed by atoms with Crippen molar-refractivity contribution in [3.05, 3.63) is 17.7 Å². The first kappa shape index (κ1) is 10.3. The molecule has 3 nitrogen and oxygen atoms in total. The van der Waals surface area contributed by atoms with Crippen molar-refractivity contribution in [1.29, 1.82) is 0 Å². The van der Waals surface area contributed by atoms with Gasteiger partial charge in [0.05, 0.1) is 6.61 Å². The van der Waals surface area contributed by atoms with E-state index in [0.29, 0.717) is 6.42 Å². The molecule has 74 valence electrons. The molecule has 0 radical (unpaired) electrons. The summed E-state index contributed by atoms with van der Waals surface area (Å²) in [7, 11) is 2.00. The van der Waals surface area contributed by atoms with Crippen LogP contribution >= 0.6 is 0 Å². The van der Waals surface area contributed by atoms with Gasteiger partial charge in [0.1, 0.15) is 5.82 Å². The predicted octanol–water partition coefficient (Wildman–Crippen LogP) is 1.25. The zero-order chi connectivity index (χ0) is 10.1. The minimum atomic E-state index is 0.120. The maximum Gasteiger partial charge on any atom is 0.110 e. The molecule has 0 unspecified atom stereocenters. The molecule has 0 saturated carbocycles. The predicted molar refractivity (Wildman–Crippen MR) is 52.7 cm³/mol. The summed E-state index contributed by atoms with van der Waals surface area (Å²) in [6, 6.07) is 0. The molecular weight excluding hydrogens is 164 g/mol. The first-order chi connectivity index (χ1) is 5.96. The molecule has 0 saturated heterocycles. The Hall–Kier alpha value is -0.830. The fraction of sp³-hybridized carbons (Fsp3) is 0.700. The largest absolute Gasteiger partial charge is 0.396 e. The number of nitrogens with zero attached hydrogens (tertiary/aromatic N) is 2. The molecule has 0 bridgehead atoms. The minimum Gasteiger partial charge on any atom is -0.396 e. The molecule has 0 spiro atoms. The van der Waals surface area contributed by atoms with Gasteiger partial charge >= 0.3 is 0 Å². The highest BCUT2D eigenvalue weighted by molar-refractivity contribution is 5.14. The number of aromatic nitrogens is 2. The van der Waals surface area contributed by atoms with Gasteiger partial charge in [-0.2, -0.15) is 0 Å². The molecule has 13 heavy (non-hydrogen) atoms. The minimum absolute atomic E-state index is 0.120. The van der Waals surface area contributed by atoms with Crippen LogP contribution in [-0.2, 0) is 18.9 Å². The Labute approximate surface area is 79.4 Å². The Morgan fingerprint density at radius 1 is 1.46 bits per heavy atom. The lowest BCUT2D eigenvalue weighted by molar-refractivity contribution is 0.295. The van der Waals surface area contributed by atoms with Gasteiger partial charge in [-0.25, -0.2) is 4.98 Å². The third-order valence-electron chi connectivity index (χ3n) is 2.19. The van der Waals surface area contributed by atoms with Crippen LogP contribution in [0.3, 0.4) is 0 Å². The highest BCUT2D eigenvalue weighted by atomic mass is 16.3. The Balaban J connectivity index is 2.99. The third-order valence-corrected chi connectivity index (χ3v) is 2.19. The van der Waals surface area contributed by atoms with Gasteiger partial charge in [-0.1, -0.05) is 20.8 Å². The molecule has 3 heteroatoms. The van der Waals surface area contributed by atoms with Gasteiger partial charge in [0, 0.05) is 30.8 Å². The van der Waals surface area contributed by atoms with Crippen LogP contribution in [0.5, 0.6) is 0 Å². The number of aliphatic hydroxyl groups is 1. The maximum absolute atomic E-state index is 8.80. The number of aliphatic hydroxyl groups excluding tert-OH is 1. The topological polar surface area (TPSA) is 38.0 Å². The number of imidazole rings is 1. The first-order valence-electron chi connectivity index (χ1n) is 4.58. The normalized spacial score (nSPS) is 12.1. The smallest absolute Gasteiger partial charge is 0.110 e. The van der Waals surface area contributed by atoms with Crippen molar-refractivity contribution in [2.75, 3.05) is 6.61 Å². The molecule has 0 aliphatic rings. The lowest BCUT2D eigenvalue weighted by atomic mass is 9.93. The molecule has 1 aromatic heterocycles. The second-order valence-electron chi connectivity index (χ2n) is 4.34. The second-order valence-corrected chi connectivity index (χ2v) is 4.34. The quantitative estimate of drug-likeness (QED) is 0.747. The van der Waals surface area contributed by atoms with Gasteiger partial charge in [0.15, 0.2) is 0 Å². The molecular formula is C10H18N2O. The highest BCUT2D eigenvalue weighted by Gasteiger charge is 2.19. The van der Waals surface area contributed by atoms with E-state index in [1.54, 1.807) is 0 Å². The molecule has 0 fully saturated rings. The summed E-state index contributed by atoms with van der Waals surface area (Å²) in [5, 5.41) is 8.80. The zero-order valence-electron chi connectivity index (χ0n) is 8.83. The summed E-state index contributed by atoms with van der Waals surface area (Å²) in [6.07, 6.45) is 2.53. The molecule has 0 aliphatic carbocycles. The summed E-state index contributed by atoms with van der Waals surface area (Å²) >= 11 is 0. The van der Waals surface area contributed by atoms with E-state index < -0.39 is 0 Å². The van der Waals surface area contributed by atoms with Crippen molar-refractivity contribution in [3.63, 3.8) is 0 Å². The third kappa shape index (κ3) is 2.10. The summed E-state index contributed by atoms with van der Waals surface area (Å²) in [5.74, 6) is 0.951. The molecule has 0 aromatic carbocycles. The van der Waals surface area contributed by atoms with Crippen LogP contribution in [0.25, 0.3) is 0 Å². The molecule has 1 rings (SSSR count). The molecule has 1 heterocycles. The van der Waals surface area contributed by atoms with Crippen LogP contribution in [0.1, 0.15) is 32.3 Å². The molecule has 0 atom stereocenters. The van der Waals surface area contributed by atoms with Gasteiger partial charge < -0.3 is 9.67 Å². The summed E-state index contributed by atoms with van der Waals surface area (Å²) in [4.78, 5) is 4.27. The number of rotatable bonds is 2. The van der Waals surface area contributed by atoms with E-state index in [2.05, 4.69) is 30.3 Å². The lowest BCUT2D eigenvalue weighted by Crippen LogP contribution is -2.17. The van der Waals surface area contributed by atoms with E-state index in [1.807, 2.05) is 13.2 Å². The van der Waals surface area contributed by atoms with Crippen LogP contribution in [0.15, 0.2) is 6.20 Å². The van der Waals surface area contributed by atoms with Gasteiger partial charge in [-0.05, 0) is 0 Å². The zero-order valence-corrected chi connectivity index (χ0v) is 8.83. The van der Waals surface area contributed by atoms with E-state index in [4.69, 9.17) is 5.11 Å². The summed E-state index contributed by atoms with van der Waals surface area (Å²) in [5.41, 5.74) is 1.33. The maximum atomic E-state index is 8.80.